The van der Waals surface area contributed by atoms with Crippen LogP contribution in [0.2, 0.25) is 0 Å². The quantitative estimate of drug-likeness (QED) is 0.807. The highest BCUT2D eigenvalue weighted by Crippen LogP contribution is 2.37. The van der Waals surface area contributed by atoms with E-state index in [4.69, 9.17) is 0 Å². The maximum absolute atomic E-state index is 12.1. The molecule has 102 valence electrons. The molecule has 0 bridgehead atoms. The van der Waals surface area contributed by atoms with Crippen LogP contribution in [0.3, 0.4) is 0 Å². The van der Waals surface area contributed by atoms with E-state index in [1.807, 2.05) is 0 Å². The van der Waals surface area contributed by atoms with Gasteiger partial charge in [-0.25, -0.2) is 0 Å². The van der Waals surface area contributed by atoms with Crippen LogP contribution in [0.1, 0.15) is 50.6 Å². The molecule has 1 aliphatic heterocycles. The van der Waals surface area contributed by atoms with E-state index in [1.54, 1.807) is 0 Å². The van der Waals surface area contributed by atoms with Crippen molar-refractivity contribution in [3.8, 4) is 0 Å². The molecule has 0 spiro atoms. The van der Waals surface area contributed by atoms with E-state index in [9.17, 15) is 4.79 Å². The van der Waals surface area contributed by atoms with Crippen molar-refractivity contribution in [3.05, 3.63) is 35.9 Å². The summed E-state index contributed by atoms with van der Waals surface area (Å²) < 4.78 is 0. The van der Waals surface area contributed by atoms with Crippen molar-refractivity contribution >= 4 is 5.78 Å². The Morgan fingerprint density at radius 3 is 2.68 bits per heavy atom. The van der Waals surface area contributed by atoms with Gasteiger partial charge in [0, 0.05) is 31.0 Å². The first-order valence-electron chi connectivity index (χ1n) is 7.61. The van der Waals surface area contributed by atoms with Crippen molar-refractivity contribution in [1.82, 2.24) is 4.90 Å². The molecule has 19 heavy (non-hydrogen) atoms. The number of benzene rings is 1. The summed E-state index contributed by atoms with van der Waals surface area (Å²) in [5, 5.41) is 0. The monoisotopic (exact) mass is 257 g/mol. The summed E-state index contributed by atoms with van der Waals surface area (Å²) in [5.74, 6) is 0.829. The van der Waals surface area contributed by atoms with Gasteiger partial charge in [0.05, 0.1) is 0 Å². The summed E-state index contributed by atoms with van der Waals surface area (Å²) in [6.07, 6.45) is 5.58. The van der Waals surface area contributed by atoms with Crippen LogP contribution in [-0.4, -0.2) is 23.3 Å². The predicted molar refractivity (Wildman–Crippen MR) is 76.9 cm³/mol. The summed E-state index contributed by atoms with van der Waals surface area (Å²) in [6.45, 7) is 3.23. The molecule has 1 saturated heterocycles. The highest BCUT2D eigenvalue weighted by atomic mass is 16.1. The molecule has 0 radical (unpaired) electrons. The lowest BCUT2D eigenvalue weighted by Gasteiger charge is -2.46. The molecule has 1 saturated carbocycles. The molecule has 0 aromatic heterocycles. The number of fused-ring (bicyclic) bond motifs is 1. The maximum Gasteiger partial charge on any atom is 0.138 e. The first kappa shape index (κ1) is 12.9. The Morgan fingerprint density at radius 1 is 1.16 bits per heavy atom. The van der Waals surface area contributed by atoms with Gasteiger partial charge in [0.2, 0.25) is 0 Å². The average Bonchev–Trinajstić information content (AvgIpc) is 2.48. The van der Waals surface area contributed by atoms with Crippen LogP contribution in [0.5, 0.6) is 0 Å². The van der Waals surface area contributed by atoms with Gasteiger partial charge < -0.3 is 0 Å². The highest BCUT2D eigenvalue weighted by Gasteiger charge is 2.40. The Kier molecular flexibility index (Phi) is 3.69. The second-order valence-corrected chi connectivity index (χ2v) is 6.00. The van der Waals surface area contributed by atoms with E-state index in [1.165, 1.54) is 24.8 Å². The van der Waals surface area contributed by atoms with Crippen LogP contribution in [-0.2, 0) is 4.79 Å². The number of hydrogen-bond acceptors (Lipinski definition) is 2. The molecule has 1 heterocycles. The third kappa shape index (κ3) is 2.46. The summed E-state index contributed by atoms with van der Waals surface area (Å²) in [6, 6.07) is 11.6. The van der Waals surface area contributed by atoms with Gasteiger partial charge in [-0.1, -0.05) is 43.2 Å². The van der Waals surface area contributed by atoms with Crippen LogP contribution in [0.25, 0.3) is 0 Å². The molecule has 0 amide bonds. The standard InChI is InChI=1S/C17H23NO/c1-13(14-7-3-2-4-8-14)18-12-11-17(19)15-9-5-6-10-16(15)18/h2-4,7-8,13,15-16H,5-6,9-12H2,1H3/t13?,15-,16-/m1/s1. The molecule has 2 aliphatic rings. The number of carbonyl (C=O) groups excluding carboxylic acids is 1. The van der Waals surface area contributed by atoms with Gasteiger partial charge in [-0.2, -0.15) is 0 Å². The second-order valence-electron chi connectivity index (χ2n) is 6.00. The Balaban J connectivity index is 1.81. The van der Waals surface area contributed by atoms with E-state index >= 15 is 0 Å². The molecule has 2 heteroatoms. The summed E-state index contributed by atoms with van der Waals surface area (Å²) >= 11 is 0. The molecule has 1 aromatic carbocycles. The molecule has 0 N–H and O–H groups in total. The number of carbonyl (C=O) groups is 1. The van der Waals surface area contributed by atoms with Gasteiger partial charge in [0.15, 0.2) is 0 Å². The van der Waals surface area contributed by atoms with Crippen molar-refractivity contribution in [1.29, 1.82) is 0 Å². The number of piperidine rings is 1. The third-order valence-electron chi connectivity index (χ3n) is 4.96. The number of rotatable bonds is 2. The van der Waals surface area contributed by atoms with Crippen molar-refractivity contribution in [2.24, 2.45) is 5.92 Å². The summed E-state index contributed by atoms with van der Waals surface area (Å²) in [4.78, 5) is 14.7. The van der Waals surface area contributed by atoms with Crippen LogP contribution in [0.15, 0.2) is 30.3 Å². The molecule has 1 aliphatic carbocycles. The lowest BCUT2D eigenvalue weighted by atomic mass is 9.76. The SMILES string of the molecule is CC(c1ccccc1)N1CCC(=O)[C@@H]2CCCC[C@H]21. The smallest absolute Gasteiger partial charge is 0.138 e. The molecular weight excluding hydrogens is 234 g/mol. The molecule has 1 aromatic rings. The molecule has 3 rings (SSSR count). The minimum absolute atomic E-state index is 0.314. The number of likely N-dealkylation sites (tertiary alicyclic amines) is 1. The fourth-order valence-electron chi connectivity index (χ4n) is 3.88. The van der Waals surface area contributed by atoms with Gasteiger partial charge in [0.25, 0.3) is 0 Å². The lowest BCUT2D eigenvalue weighted by molar-refractivity contribution is -0.131. The van der Waals surface area contributed by atoms with Crippen LogP contribution in [0.4, 0.5) is 0 Å². The summed E-state index contributed by atoms with van der Waals surface area (Å²) in [5.41, 5.74) is 1.38. The van der Waals surface area contributed by atoms with Gasteiger partial charge in [-0.3, -0.25) is 9.69 Å². The Morgan fingerprint density at radius 2 is 1.89 bits per heavy atom. The average molecular weight is 257 g/mol. The lowest BCUT2D eigenvalue weighted by Crippen LogP contribution is -2.51. The molecule has 2 nitrogen and oxygen atoms in total. The number of ketones is 1. The molecule has 3 atom stereocenters. The van der Waals surface area contributed by atoms with Crippen molar-refractivity contribution in [2.45, 2.75) is 51.1 Å². The predicted octanol–water partition coefficient (Wildman–Crippen LogP) is 3.58. The minimum Gasteiger partial charge on any atom is -0.299 e. The van der Waals surface area contributed by atoms with E-state index in [2.05, 4.69) is 42.2 Å². The molecule has 2 fully saturated rings. The van der Waals surface area contributed by atoms with Gasteiger partial charge in [-0.05, 0) is 25.3 Å². The third-order valence-corrected chi connectivity index (χ3v) is 4.96. The number of nitrogens with zero attached hydrogens (tertiary/aromatic N) is 1. The molecule has 1 unspecified atom stereocenters. The van der Waals surface area contributed by atoms with E-state index in [-0.39, 0.29) is 0 Å². The van der Waals surface area contributed by atoms with E-state index < -0.39 is 0 Å². The van der Waals surface area contributed by atoms with E-state index in [0.717, 1.165) is 19.4 Å². The zero-order chi connectivity index (χ0) is 13.2. The Labute approximate surface area is 115 Å². The second kappa shape index (κ2) is 5.46. The van der Waals surface area contributed by atoms with Crippen LogP contribution >= 0.6 is 0 Å². The fraction of sp³-hybridized carbons (Fsp3) is 0.588. The van der Waals surface area contributed by atoms with Gasteiger partial charge >= 0.3 is 0 Å². The first-order chi connectivity index (χ1) is 9.27. The maximum atomic E-state index is 12.1. The topological polar surface area (TPSA) is 20.3 Å². The van der Waals surface area contributed by atoms with Gasteiger partial charge in [0.1, 0.15) is 5.78 Å². The fourth-order valence-corrected chi connectivity index (χ4v) is 3.88. The van der Waals surface area contributed by atoms with Crippen molar-refractivity contribution in [2.75, 3.05) is 6.54 Å². The minimum atomic E-state index is 0.314. The van der Waals surface area contributed by atoms with Crippen molar-refractivity contribution in [3.63, 3.8) is 0 Å². The Bertz CT molecular complexity index is 442. The Hall–Kier alpha value is -1.15. The largest absolute Gasteiger partial charge is 0.299 e. The number of hydrogen-bond donors (Lipinski definition) is 0. The zero-order valence-electron chi connectivity index (χ0n) is 11.7. The highest BCUT2D eigenvalue weighted by molar-refractivity contribution is 5.82. The van der Waals surface area contributed by atoms with Crippen LogP contribution < -0.4 is 0 Å². The summed E-state index contributed by atoms with van der Waals surface area (Å²) in [7, 11) is 0. The van der Waals surface area contributed by atoms with Crippen molar-refractivity contribution < 1.29 is 4.79 Å². The normalized spacial score (nSPS) is 29.8. The van der Waals surface area contributed by atoms with Gasteiger partial charge in [-0.15, -0.1) is 0 Å². The van der Waals surface area contributed by atoms with E-state index in [0.29, 0.717) is 23.8 Å². The zero-order valence-corrected chi connectivity index (χ0v) is 11.7. The van der Waals surface area contributed by atoms with Crippen LogP contribution in [0, 0.1) is 5.92 Å². The number of Topliss-reactive ketones (excluding diaryl/α,β-unsaturated/α-hetero) is 1. The first-order valence-corrected chi connectivity index (χ1v) is 7.61. The molecular formula is C17H23NO.